The highest BCUT2D eigenvalue weighted by Gasteiger charge is 2.18. The van der Waals surface area contributed by atoms with Crippen LogP contribution in [0.25, 0.3) is 0 Å². The lowest BCUT2D eigenvalue weighted by molar-refractivity contribution is 0.101. The average Bonchev–Trinajstić information content (AvgIpc) is 2.87. The van der Waals surface area contributed by atoms with Gasteiger partial charge in [-0.1, -0.05) is 0 Å². The molecule has 2 rings (SSSR count). The van der Waals surface area contributed by atoms with Crippen molar-refractivity contribution in [2.45, 2.75) is 33.7 Å². The molecule has 2 heterocycles. The van der Waals surface area contributed by atoms with E-state index in [0.717, 1.165) is 11.4 Å². The lowest BCUT2D eigenvalue weighted by atomic mass is 10.3. The predicted octanol–water partition coefficient (Wildman–Crippen LogP) is 1.03. The van der Waals surface area contributed by atoms with E-state index in [-0.39, 0.29) is 17.8 Å². The summed E-state index contributed by atoms with van der Waals surface area (Å²) in [6.45, 7) is 7.81. The Kier molecular flexibility index (Phi) is 3.24. The molecule has 0 saturated carbocycles. The van der Waals surface area contributed by atoms with Crippen LogP contribution in [0, 0.1) is 13.8 Å². The zero-order valence-corrected chi connectivity index (χ0v) is 11.4. The molecule has 0 unspecified atom stereocenters. The SMILES string of the molecule is Cc1nn(C(C)C)c(C)c1NC(=O)c1nc(N)n[nH]1. The van der Waals surface area contributed by atoms with Crippen LogP contribution in [0.1, 0.15) is 41.9 Å². The van der Waals surface area contributed by atoms with Crippen molar-refractivity contribution in [2.75, 3.05) is 11.1 Å². The number of nitrogens with zero attached hydrogens (tertiary/aromatic N) is 4. The maximum Gasteiger partial charge on any atom is 0.293 e. The van der Waals surface area contributed by atoms with E-state index in [0.29, 0.717) is 5.69 Å². The zero-order valence-electron chi connectivity index (χ0n) is 11.4. The van der Waals surface area contributed by atoms with E-state index in [1.807, 2.05) is 32.4 Å². The molecule has 19 heavy (non-hydrogen) atoms. The maximum atomic E-state index is 12.0. The smallest absolute Gasteiger partial charge is 0.293 e. The number of nitrogen functional groups attached to an aromatic ring is 1. The van der Waals surface area contributed by atoms with Crippen molar-refractivity contribution in [3.05, 3.63) is 17.2 Å². The summed E-state index contributed by atoms with van der Waals surface area (Å²) in [6.07, 6.45) is 0. The second kappa shape index (κ2) is 4.71. The highest BCUT2D eigenvalue weighted by atomic mass is 16.2. The normalized spacial score (nSPS) is 11.0. The number of carbonyl (C=O) groups is 1. The van der Waals surface area contributed by atoms with Gasteiger partial charge in [-0.15, -0.1) is 5.10 Å². The number of amides is 1. The molecule has 102 valence electrons. The van der Waals surface area contributed by atoms with Crippen LogP contribution in [0.4, 0.5) is 11.6 Å². The van der Waals surface area contributed by atoms with Gasteiger partial charge in [0, 0.05) is 6.04 Å². The van der Waals surface area contributed by atoms with Gasteiger partial charge in [0.1, 0.15) is 0 Å². The Labute approximate surface area is 110 Å². The number of aryl methyl sites for hydroxylation is 1. The molecule has 2 aromatic heterocycles. The van der Waals surface area contributed by atoms with Crippen molar-refractivity contribution in [1.82, 2.24) is 25.0 Å². The summed E-state index contributed by atoms with van der Waals surface area (Å²) in [5.41, 5.74) is 7.71. The number of nitrogens with one attached hydrogen (secondary N) is 2. The summed E-state index contributed by atoms with van der Waals surface area (Å²) >= 11 is 0. The summed E-state index contributed by atoms with van der Waals surface area (Å²) in [5, 5.41) is 13.3. The van der Waals surface area contributed by atoms with Crippen LogP contribution >= 0.6 is 0 Å². The second-order valence-electron chi connectivity index (χ2n) is 4.58. The third kappa shape index (κ3) is 2.42. The van der Waals surface area contributed by atoms with Crippen molar-refractivity contribution >= 4 is 17.5 Å². The number of hydrogen-bond acceptors (Lipinski definition) is 5. The molecule has 0 bridgehead atoms. The van der Waals surface area contributed by atoms with Gasteiger partial charge >= 0.3 is 0 Å². The Balaban J connectivity index is 2.26. The van der Waals surface area contributed by atoms with Crippen molar-refractivity contribution < 1.29 is 4.79 Å². The van der Waals surface area contributed by atoms with Crippen LogP contribution in [0.5, 0.6) is 0 Å². The van der Waals surface area contributed by atoms with Crippen LogP contribution in [-0.2, 0) is 0 Å². The summed E-state index contributed by atoms with van der Waals surface area (Å²) in [4.78, 5) is 15.8. The minimum Gasteiger partial charge on any atom is -0.366 e. The summed E-state index contributed by atoms with van der Waals surface area (Å²) in [6, 6.07) is 0.227. The van der Waals surface area contributed by atoms with Crippen LogP contribution < -0.4 is 11.1 Å². The predicted molar refractivity (Wildman–Crippen MR) is 70.8 cm³/mol. The minimum absolute atomic E-state index is 0.0384. The molecule has 0 aliphatic carbocycles. The van der Waals surface area contributed by atoms with Crippen LogP contribution in [0.2, 0.25) is 0 Å². The monoisotopic (exact) mass is 263 g/mol. The number of carbonyl (C=O) groups excluding carboxylic acids is 1. The molecule has 0 aliphatic heterocycles. The van der Waals surface area contributed by atoms with Gasteiger partial charge < -0.3 is 11.1 Å². The molecule has 0 aliphatic rings. The second-order valence-corrected chi connectivity index (χ2v) is 4.58. The standard InChI is InChI=1S/C11H17N7O/c1-5(2)18-7(4)8(6(3)17-18)13-10(19)9-14-11(12)16-15-9/h5H,1-4H3,(H,13,19)(H3,12,14,15,16). The summed E-state index contributed by atoms with van der Waals surface area (Å²) in [5.74, 6) is -0.274. The van der Waals surface area contributed by atoms with Crippen LogP contribution in [-0.4, -0.2) is 30.9 Å². The van der Waals surface area contributed by atoms with E-state index in [9.17, 15) is 4.79 Å². The van der Waals surface area contributed by atoms with E-state index in [1.54, 1.807) is 0 Å². The van der Waals surface area contributed by atoms with Crippen LogP contribution in [0.3, 0.4) is 0 Å². The first-order chi connectivity index (χ1) is 8.90. The first kappa shape index (κ1) is 13.1. The van der Waals surface area contributed by atoms with Crippen molar-refractivity contribution in [3.8, 4) is 0 Å². The van der Waals surface area contributed by atoms with Gasteiger partial charge in [0.15, 0.2) is 0 Å². The fraction of sp³-hybridized carbons (Fsp3) is 0.455. The third-order valence-corrected chi connectivity index (χ3v) is 2.77. The van der Waals surface area contributed by atoms with Gasteiger partial charge in [-0.2, -0.15) is 10.1 Å². The van der Waals surface area contributed by atoms with Crippen LogP contribution in [0.15, 0.2) is 0 Å². The molecule has 8 nitrogen and oxygen atoms in total. The van der Waals surface area contributed by atoms with Crippen molar-refractivity contribution in [1.29, 1.82) is 0 Å². The fourth-order valence-corrected chi connectivity index (χ4v) is 1.90. The first-order valence-electron chi connectivity index (χ1n) is 5.95. The zero-order chi connectivity index (χ0) is 14.2. The molecule has 4 N–H and O–H groups in total. The lowest BCUT2D eigenvalue weighted by Crippen LogP contribution is -2.15. The van der Waals surface area contributed by atoms with E-state index >= 15 is 0 Å². The molecule has 0 aromatic carbocycles. The molecular formula is C11H17N7O. The van der Waals surface area contributed by atoms with Crippen molar-refractivity contribution in [3.63, 3.8) is 0 Å². The minimum atomic E-state index is -0.390. The number of anilines is 2. The Morgan fingerprint density at radius 1 is 1.42 bits per heavy atom. The summed E-state index contributed by atoms with van der Waals surface area (Å²) in [7, 11) is 0. The number of H-pyrrole nitrogens is 1. The quantitative estimate of drug-likeness (QED) is 0.765. The molecule has 0 spiro atoms. The highest BCUT2D eigenvalue weighted by Crippen LogP contribution is 2.22. The number of nitrogens with two attached hydrogens (primary N) is 1. The fourth-order valence-electron chi connectivity index (χ4n) is 1.90. The highest BCUT2D eigenvalue weighted by molar-refractivity contribution is 6.02. The largest absolute Gasteiger partial charge is 0.366 e. The number of aromatic amines is 1. The maximum absolute atomic E-state index is 12.0. The van der Waals surface area contributed by atoms with E-state index in [1.165, 1.54) is 0 Å². The molecule has 8 heteroatoms. The average molecular weight is 263 g/mol. The number of hydrogen-bond donors (Lipinski definition) is 3. The molecule has 0 radical (unpaired) electrons. The van der Waals surface area contributed by atoms with Crippen molar-refractivity contribution in [2.24, 2.45) is 0 Å². The Morgan fingerprint density at radius 3 is 2.58 bits per heavy atom. The van der Waals surface area contributed by atoms with E-state index in [2.05, 4.69) is 25.6 Å². The van der Waals surface area contributed by atoms with Gasteiger partial charge in [-0.25, -0.2) is 0 Å². The molecule has 0 fully saturated rings. The third-order valence-electron chi connectivity index (χ3n) is 2.77. The Bertz CT molecular complexity index is 611. The topological polar surface area (TPSA) is 115 Å². The molecular weight excluding hydrogens is 246 g/mol. The lowest BCUT2D eigenvalue weighted by Gasteiger charge is -2.08. The number of aromatic nitrogens is 5. The van der Waals surface area contributed by atoms with Gasteiger partial charge in [0.2, 0.25) is 11.8 Å². The van der Waals surface area contributed by atoms with E-state index < -0.39 is 5.91 Å². The Hall–Kier alpha value is -2.38. The Morgan fingerprint density at radius 2 is 2.11 bits per heavy atom. The summed E-state index contributed by atoms with van der Waals surface area (Å²) < 4.78 is 1.86. The first-order valence-corrected chi connectivity index (χ1v) is 5.95. The van der Waals surface area contributed by atoms with Gasteiger partial charge in [0.05, 0.1) is 17.1 Å². The van der Waals surface area contributed by atoms with E-state index in [4.69, 9.17) is 5.73 Å². The number of rotatable bonds is 3. The molecule has 2 aromatic rings. The van der Waals surface area contributed by atoms with Gasteiger partial charge in [-0.05, 0) is 27.7 Å². The van der Waals surface area contributed by atoms with Gasteiger partial charge in [0.25, 0.3) is 5.91 Å². The molecule has 0 atom stereocenters. The molecule has 0 saturated heterocycles. The molecule has 1 amide bonds. The van der Waals surface area contributed by atoms with Gasteiger partial charge in [-0.3, -0.25) is 14.6 Å².